The Balaban J connectivity index is 1.86. The molecule has 1 aromatic heterocycles. The van der Waals surface area contributed by atoms with E-state index in [1.54, 1.807) is 0 Å². The van der Waals surface area contributed by atoms with Crippen LogP contribution in [0, 0.1) is 0 Å². The van der Waals surface area contributed by atoms with Gasteiger partial charge in [-0.3, -0.25) is 4.79 Å². The van der Waals surface area contributed by atoms with Gasteiger partial charge in [-0.2, -0.15) is 15.0 Å². The van der Waals surface area contributed by atoms with Crippen LogP contribution < -0.4 is 15.1 Å². The third kappa shape index (κ3) is 2.70. The number of anilines is 2. The number of amides is 1. The number of carbonyl (C=O) groups is 1. The summed E-state index contributed by atoms with van der Waals surface area (Å²) in [5.41, 5.74) is 0. The normalized spacial score (nSPS) is 19.7. The summed E-state index contributed by atoms with van der Waals surface area (Å²) in [6.07, 6.45) is 2.29. The molecule has 2 fully saturated rings. The molecule has 0 bridgehead atoms. The smallest absolute Gasteiger partial charge is 0.239 e. The fourth-order valence-corrected chi connectivity index (χ4v) is 2.49. The first-order valence-corrected chi connectivity index (χ1v) is 6.78. The molecule has 1 aromatic rings. The van der Waals surface area contributed by atoms with Gasteiger partial charge in [-0.05, 0) is 24.4 Å². The second-order valence-corrected chi connectivity index (χ2v) is 5.01. The summed E-state index contributed by atoms with van der Waals surface area (Å²) in [7, 11) is 0. The Morgan fingerprint density at radius 3 is 2.37 bits per heavy atom. The predicted octanol–water partition coefficient (Wildman–Crippen LogP) is 0.0614. The maximum absolute atomic E-state index is 11.4. The van der Waals surface area contributed by atoms with Crippen LogP contribution in [0.5, 0.6) is 0 Å². The maximum Gasteiger partial charge on any atom is 0.239 e. The van der Waals surface area contributed by atoms with E-state index in [4.69, 9.17) is 11.6 Å². The number of hydrogen-bond acceptors (Lipinski definition) is 6. The highest BCUT2D eigenvalue weighted by Gasteiger charge is 2.22. The summed E-state index contributed by atoms with van der Waals surface area (Å²) in [4.78, 5) is 28.1. The van der Waals surface area contributed by atoms with Crippen LogP contribution in [0.3, 0.4) is 0 Å². The molecule has 0 aromatic carbocycles. The van der Waals surface area contributed by atoms with Crippen LogP contribution in [0.2, 0.25) is 5.28 Å². The van der Waals surface area contributed by atoms with Crippen molar-refractivity contribution in [3.05, 3.63) is 5.28 Å². The van der Waals surface area contributed by atoms with Crippen molar-refractivity contribution in [1.82, 2.24) is 20.3 Å². The molecule has 2 aliphatic rings. The number of rotatable bonds is 2. The van der Waals surface area contributed by atoms with Gasteiger partial charge < -0.3 is 15.1 Å². The van der Waals surface area contributed by atoms with Crippen molar-refractivity contribution < 1.29 is 4.79 Å². The molecule has 0 unspecified atom stereocenters. The van der Waals surface area contributed by atoms with Gasteiger partial charge >= 0.3 is 0 Å². The Kier molecular flexibility index (Phi) is 3.37. The molecule has 0 saturated carbocycles. The first-order valence-electron chi connectivity index (χ1n) is 6.40. The number of nitrogens with one attached hydrogen (secondary N) is 1. The van der Waals surface area contributed by atoms with E-state index in [0.29, 0.717) is 25.0 Å². The Hall–Kier alpha value is -1.63. The molecule has 0 radical (unpaired) electrons. The van der Waals surface area contributed by atoms with Gasteiger partial charge in [0.25, 0.3) is 0 Å². The zero-order chi connectivity index (χ0) is 13.2. The Labute approximate surface area is 116 Å². The van der Waals surface area contributed by atoms with Crippen LogP contribution in [0.4, 0.5) is 11.9 Å². The monoisotopic (exact) mass is 282 g/mol. The molecule has 1 amide bonds. The molecular weight excluding hydrogens is 268 g/mol. The first kappa shape index (κ1) is 12.4. The van der Waals surface area contributed by atoms with E-state index in [-0.39, 0.29) is 17.7 Å². The minimum Gasteiger partial charge on any atom is -0.353 e. The van der Waals surface area contributed by atoms with E-state index in [0.717, 1.165) is 25.9 Å². The number of aromatic nitrogens is 3. The second-order valence-electron chi connectivity index (χ2n) is 4.67. The van der Waals surface area contributed by atoms with Crippen molar-refractivity contribution in [3.8, 4) is 0 Å². The summed E-state index contributed by atoms with van der Waals surface area (Å²) < 4.78 is 0. The Morgan fingerprint density at radius 2 is 1.68 bits per heavy atom. The quantitative estimate of drug-likeness (QED) is 0.827. The maximum atomic E-state index is 11.4. The van der Waals surface area contributed by atoms with Crippen molar-refractivity contribution in [2.45, 2.75) is 12.8 Å². The lowest BCUT2D eigenvalue weighted by atomic mass is 10.4. The molecule has 19 heavy (non-hydrogen) atoms. The molecule has 7 nitrogen and oxygen atoms in total. The van der Waals surface area contributed by atoms with Gasteiger partial charge in [0.2, 0.25) is 23.1 Å². The number of halogens is 1. The van der Waals surface area contributed by atoms with E-state index >= 15 is 0 Å². The molecule has 3 heterocycles. The number of carbonyl (C=O) groups excluding carboxylic acids is 1. The third-order valence-electron chi connectivity index (χ3n) is 3.29. The summed E-state index contributed by atoms with van der Waals surface area (Å²) in [6, 6.07) is 0. The molecular formula is C11H15ClN6O. The van der Waals surface area contributed by atoms with Gasteiger partial charge in [0.15, 0.2) is 0 Å². The summed E-state index contributed by atoms with van der Waals surface area (Å²) in [5, 5.41) is 2.95. The van der Waals surface area contributed by atoms with Gasteiger partial charge in [-0.15, -0.1) is 0 Å². The molecule has 0 spiro atoms. The van der Waals surface area contributed by atoms with E-state index in [1.165, 1.54) is 0 Å². The van der Waals surface area contributed by atoms with Gasteiger partial charge in [-0.1, -0.05) is 0 Å². The molecule has 8 heteroatoms. The van der Waals surface area contributed by atoms with Crippen molar-refractivity contribution in [1.29, 1.82) is 0 Å². The fraction of sp³-hybridized carbons (Fsp3) is 0.636. The molecule has 3 rings (SSSR count). The van der Waals surface area contributed by atoms with E-state index < -0.39 is 0 Å². The van der Waals surface area contributed by atoms with Crippen LogP contribution in [-0.2, 0) is 4.79 Å². The van der Waals surface area contributed by atoms with Crippen LogP contribution in [0.15, 0.2) is 0 Å². The number of piperazine rings is 1. The average Bonchev–Trinajstić information content (AvgIpc) is 2.92. The van der Waals surface area contributed by atoms with E-state index in [2.05, 4.69) is 25.2 Å². The highest BCUT2D eigenvalue weighted by molar-refractivity contribution is 6.28. The Bertz CT molecular complexity index is 490. The van der Waals surface area contributed by atoms with Crippen molar-refractivity contribution in [2.24, 2.45) is 0 Å². The van der Waals surface area contributed by atoms with E-state index in [1.807, 2.05) is 4.90 Å². The van der Waals surface area contributed by atoms with E-state index in [9.17, 15) is 4.79 Å². The van der Waals surface area contributed by atoms with Crippen LogP contribution >= 0.6 is 11.6 Å². The lowest BCUT2D eigenvalue weighted by molar-refractivity contribution is -0.120. The minimum absolute atomic E-state index is 0.0227. The second kappa shape index (κ2) is 5.16. The van der Waals surface area contributed by atoms with Gasteiger partial charge in [0.05, 0.1) is 6.54 Å². The largest absolute Gasteiger partial charge is 0.353 e. The molecule has 2 aliphatic heterocycles. The fourth-order valence-electron chi connectivity index (χ4n) is 2.34. The molecule has 1 N–H and O–H groups in total. The van der Waals surface area contributed by atoms with Crippen molar-refractivity contribution in [3.63, 3.8) is 0 Å². The number of hydrogen-bond donors (Lipinski definition) is 1. The zero-order valence-corrected chi connectivity index (χ0v) is 11.2. The van der Waals surface area contributed by atoms with Crippen LogP contribution in [0.25, 0.3) is 0 Å². The topological polar surface area (TPSA) is 74.2 Å². The third-order valence-corrected chi connectivity index (χ3v) is 3.46. The van der Waals surface area contributed by atoms with Crippen molar-refractivity contribution >= 4 is 29.4 Å². The highest BCUT2D eigenvalue weighted by Crippen LogP contribution is 2.20. The molecule has 102 valence electrons. The van der Waals surface area contributed by atoms with Crippen LogP contribution in [0.1, 0.15) is 12.8 Å². The number of nitrogens with zero attached hydrogens (tertiary/aromatic N) is 5. The molecule has 0 aliphatic carbocycles. The summed E-state index contributed by atoms with van der Waals surface area (Å²) in [5.74, 6) is 1.07. The minimum atomic E-state index is -0.0227. The summed E-state index contributed by atoms with van der Waals surface area (Å²) in [6.45, 7) is 3.44. The lowest BCUT2D eigenvalue weighted by Crippen LogP contribution is -2.48. The lowest BCUT2D eigenvalue weighted by Gasteiger charge is -2.27. The van der Waals surface area contributed by atoms with Gasteiger partial charge in [0.1, 0.15) is 0 Å². The molecule has 0 atom stereocenters. The first-order chi connectivity index (χ1) is 9.22. The SMILES string of the molecule is O=C1CN(c2nc(Cl)nc(N3CCCC3)n2)CCN1. The molecule has 2 saturated heterocycles. The standard InChI is InChI=1S/C11H15ClN6O/c12-9-14-10(17-4-1-2-5-17)16-11(15-9)18-6-3-13-8(19)7-18/h1-7H2,(H,13,19). The summed E-state index contributed by atoms with van der Waals surface area (Å²) >= 11 is 5.97. The van der Waals surface area contributed by atoms with Gasteiger partial charge in [0, 0.05) is 26.2 Å². The zero-order valence-electron chi connectivity index (χ0n) is 10.5. The highest BCUT2D eigenvalue weighted by atomic mass is 35.5. The predicted molar refractivity (Wildman–Crippen MR) is 71.5 cm³/mol. The van der Waals surface area contributed by atoms with Crippen LogP contribution in [-0.4, -0.2) is 53.6 Å². The average molecular weight is 283 g/mol. The van der Waals surface area contributed by atoms with Crippen molar-refractivity contribution in [2.75, 3.05) is 42.5 Å². The van der Waals surface area contributed by atoms with Gasteiger partial charge in [-0.25, -0.2) is 0 Å². The Morgan fingerprint density at radius 1 is 1.00 bits per heavy atom.